The standard InChI is InChI=1S/C17H30N4O2/c1-12-6-5-7-13(8-12)9-18-10-14-11-19-21-15(14)20-16(22)23-17(2,3)4/h11-13,18H,5-10H2,1-4H3,(H2,19,20,21,22). The summed E-state index contributed by atoms with van der Waals surface area (Å²) >= 11 is 0. The molecule has 1 aliphatic rings. The van der Waals surface area contributed by atoms with Crippen LogP contribution in [0.25, 0.3) is 0 Å². The number of rotatable bonds is 5. The summed E-state index contributed by atoms with van der Waals surface area (Å²) in [6, 6.07) is 0. The molecule has 1 aliphatic carbocycles. The number of hydrogen-bond acceptors (Lipinski definition) is 4. The minimum Gasteiger partial charge on any atom is -0.444 e. The number of carbonyl (C=O) groups is 1. The molecule has 0 saturated heterocycles. The van der Waals surface area contributed by atoms with Gasteiger partial charge in [0.2, 0.25) is 0 Å². The van der Waals surface area contributed by atoms with Gasteiger partial charge in [-0.15, -0.1) is 0 Å². The van der Waals surface area contributed by atoms with Crippen molar-refractivity contribution in [1.82, 2.24) is 15.5 Å². The van der Waals surface area contributed by atoms with Crippen LogP contribution in [0.5, 0.6) is 0 Å². The molecule has 0 radical (unpaired) electrons. The maximum Gasteiger partial charge on any atom is 0.413 e. The third-order valence-corrected chi connectivity index (χ3v) is 4.14. The molecule has 6 heteroatoms. The average molecular weight is 322 g/mol. The Hall–Kier alpha value is -1.56. The van der Waals surface area contributed by atoms with Gasteiger partial charge in [0.1, 0.15) is 11.4 Å². The van der Waals surface area contributed by atoms with Crippen LogP contribution in [-0.2, 0) is 11.3 Å². The summed E-state index contributed by atoms with van der Waals surface area (Å²) in [4.78, 5) is 11.8. The molecular formula is C17H30N4O2. The van der Waals surface area contributed by atoms with Gasteiger partial charge in [-0.1, -0.05) is 19.8 Å². The van der Waals surface area contributed by atoms with Gasteiger partial charge in [-0.25, -0.2) is 4.79 Å². The number of anilines is 1. The number of amides is 1. The Bertz CT molecular complexity index is 507. The highest BCUT2D eigenvalue weighted by Gasteiger charge is 2.20. The number of aromatic amines is 1. The molecule has 1 aromatic heterocycles. The molecule has 2 atom stereocenters. The van der Waals surface area contributed by atoms with Crippen LogP contribution in [0.4, 0.5) is 10.6 Å². The van der Waals surface area contributed by atoms with E-state index < -0.39 is 11.7 Å². The molecule has 23 heavy (non-hydrogen) atoms. The zero-order chi connectivity index (χ0) is 16.9. The summed E-state index contributed by atoms with van der Waals surface area (Å²) in [5.41, 5.74) is 0.430. The van der Waals surface area contributed by atoms with E-state index in [-0.39, 0.29) is 0 Å². The molecule has 1 saturated carbocycles. The first-order valence-corrected chi connectivity index (χ1v) is 8.56. The third kappa shape index (κ3) is 6.22. The van der Waals surface area contributed by atoms with Gasteiger partial charge in [-0.05, 0) is 52.0 Å². The largest absolute Gasteiger partial charge is 0.444 e. The van der Waals surface area contributed by atoms with E-state index in [1.165, 1.54) is 25.7 Å². The van der Waals surface area contributed by atoms with Crippen molar-refractivity contribution in [2.75, 3.05) is 11.9 Å². The summed E-state index contributed by atoms with van der Waals surface area (Å²) in [6.07, 6.45) is 6.59. The molecular weight excluding hydrogens is 292 g/mol. The van der Waals surface area contributed by atoms with Crippen LogP contribution in [0.3, 0.4) is 0 Å². The highest BCUT2D eigenvalue weighted by atomic mass is 16.6. The summed E-state index contributed by atoms with van der Waals surface area (Å²) in [6.45, 7) is 9.56. The Morgan fingerprint density at radius 2 is 2.22 bits per heavy atom. The molecule has 130 valence electrons. The van der Waals surface area contributed by atoms with Gasteiger partial charge >= 0.3 is 6.09 Å². The molecule has 0 bridgehead atoms. The third-order valence-electron chi connectivity index (χ3n) is 4.14. The van der Waals surface area contributed by atoms with Crippen LogP contribution in [-0.4, -0.2) is 28.4 Å². The number of hydrogen-bond donors (Lipinski definition) is 3. The number of carbonyl (C=O) groups excluding carboxylic acids is 1. The number of nitrogens with zero attached hydrogens (tertiary/aromatic N) is 1. The fraction of sp³-hybridized carbons (Fsp3) is 0.765. The lowest BCUT2D eigenvalue weighted by atomic mass is 9.82. The maximum absolute atomic E-state index is 11.8. The van der Waals surface area contributed by atoms with E-state index in [0.29, 0.717) is 12.4 Å². The first-order chi connectivity index (χ1) is 10.8. The van der Waals surface area contributed by atoms with Crippen LogP contribution < -0.4 is 10.6 Å². The molecule has 1 heterocycles. The second-order valence-electron chi connectivity index (χ2n) is 7.67. The van der Waals surface area contributed by atoms with Crippen molar-refractivity contribution in [2.24, 2.45) is 11.8 Å². The van der Waals surface area contributed by atoms with Crippen molar-refractivity contribution in [1.29, 1.82) is 0 Å². The molecule has 0 aliphatic heterocycles. The second kappa shape index (κ2) is 7.81. The summed E-state index contributed by atoms with van der Waals surface area (Å²) in [7, 11) is 0. The number of H-pyrrole nitrogens is 1. The van der Waals surface area contributed by atoms with Crippen LogP contribution in [0.2, 0.25) is 0 Å². The lowest BCUT2D eigenvalue weighted by Gasteiger charge is -2.26. The Kier molecular flexibility index (Phi) is 6.04. The van der Waals surface area contributed by atoms with Crippen LogP contribution in [0, 0.1) is 11.8 Å². The molecule has 3 N–H and O–H groups in total. The van der Waals surface area contributed by atoms with Gasteiger partial charge in [0.25, 0.3) is 0 Å². The summed E-state index contributed by atoms with van der Waals surface area (Å²) < 4.78 is 5.26. The number of nitrogens with one attached hydrogen (secondary N) is 3. The van der Waals surface area contributed by atoms with Crippen molar-refractivity contribution in [2.45, 2.75) is 65.5 Å². The zero-order valence-electron chi connectivity index (χ0n) is 14.7. The van der Waals surface area contributed by atoms with Crippen molar-refractivity contribution in [3.05, 3.63) is 11.8 Å². The molecule has 6 nitrogen and oxygen atoms in total. The molecule has 0 aromatic carbocycles. The van der Waals surface area contributed by atoms with Gasteiger partial charge in [0.05, 0.1) is 6.20 Å². The normalized spacial score (nSPS) is 21.9. The lowest BCUT2D eigenvalue weighted by Crippen LogP contribution is -2.28. The lowest BCUT2D eigenvalue weighted by molar-refractivity contribution is 0.0635. The highest BCUT2D eigenvalue weighted by Crippen LogP contribution is 2.28. The van der Waals surface area contributed by atoms with Gasteiger partial charge in [0.15, 0.2) is 0 Å². The van der Waals surface area contributed by atoms with Crippen LogP contribution in [0.15, 0.2) is 6.20 Å². The van der Waals surface area contributed by atoms with Crippen LogP contribution in [0.1, 0.15) is 58.9 Å². The Morgan fingerprint density at radius 3 is 2.91 bits per heavy atom. The Labute approximate surface area is 138 Å². The van der Waals surface area contributed by atoms with E-state index in [1.54, 1.807) is 6.20 Å². The molecule has 1 aromatic rings. The summed E-state index contributed by atoms with van der Waals surface area (Å²) in [5, 5.41) is 13.0. The molecule has 2 rings (SSSR count). The predicted octanol–water partition coefficient (Wildman–Crippen LogP) is 3.67. The van der Waals surface area contributed by atoms with E-state index in [0.717, 1.165) is 23.9 Å². The van der Waals surface area contributed by atoms with E-state index in [1.807, 2.05) is 20.8 Å². The van der Waals surface area contributed by atoms with Crippen molar-refractivity contribution in [3.63, 3.8) is 0 Å². The molecule has 2 unspecified atom stereocenters. The smallest absolute Gasteiger partial charge is 0.413 e. The van der Waals surface area contributed by atoms with Crippen LogP contribution >= 0.6 is 0 Å². The summed E-state index contributed by atoms with van der Waals surface area (Å²) in [5.74, 6) is 2.20. The van der Waals surface area contributed by atoms with Crippen molar-refractivity contribution >= 4 is 11.9 Å². The van der Waals surface area contributed by atoms with E-state index in [2.05, 4.69) is 27.8 Å². The molecule has 1 fully saturated rings. The quantitative estimate of drug-likeness (QED) is 0.773. The predicted molar refractivity (Wildman–Crippen MR) is 91.3 cm³/mol. The number of ether oxygens (including phenoxy) is 1. The molecule has 0 spiro atoms. The molecule has 1 amide bonds. The first kappa shape index (κ1) is 17.8. The van der Waals surface area contributed by atoms with Gasteiger partial charge in [0, 0.05) is 12.1 Å². The minimum absolute atomic E-state index is 0.468. The Balaban J connectivity index is 1.78. The van der Waals surface area contributed by atoms with E-state index in [4.69, 9.17) is 4.74 Å². The second-order valence-corrected chi connectivity index (χ2v) is 7.67. The first-order valence-electron chi connectivity index (χ1n) is 8.56. The SMILES string of the molecule is CC1CCCC(CNCc2cn[nH]c2NC(=O)OC(C)(C)C)C1. The van der Waals surface area contributed by atoms with Gasteiger partial charge in [-0.3, -0.25) is 10.4 Å². The van der Waals surface area contributed by atoms with Gasteiger partial charge in [-0.2, -0.15) is 5.10 Å². The fourth-order valence-electron chi connectivity index (χ4n) is 3.12. The fourth-order valence-corrected chi connectivity index (χ4v) is 3.12. The minimum atomic E-state index is -0.514. The van der Waals surface area contributed by atoms with Gasteiger partial charge < -0.3 is 10.1 Å². The number of aromatic nitrogens is 2. The maximum atomic E-state index is 11.8. The van der Waals surface area contributed by atoms with E-state index >= 15 is 0 Å². The van der Waals surface area contributed by atoms with Crippen molar-refractivity contribution < 1.29 is 9.53 Å². The highest BCUT2D eigenvalue weighted by molar-refractivity contribution is 5.84. The Morgan fingerprint density at radius 1 is 1.43 bits per heavy atom. The topological polar surface area (TPSA) is 79.0 Å². The average Bonchev–Trinajstić information content (AvgIpc) is 2.84. The monoisotopic (exact) mass is 322 g/mol. The van der Waals surface area contributed by atoms with E-state index in [9.17, 15) is 4.79 Å². The zero-order valence-corrected chi connectivity index (χ0v) is 14.7. The van der Waals surface area contributed by atoms with Crippen molar-refractivity contribution in [3.8, 4) is 0 Å².